The number of benzene rings is 2. The summed E-state index contributed by atoms with van der Waals surface area (Å²) in [6.45, 7) is 4.86. The van der Waals surface area contributed by atoms with Crippen molar-refractivity contribution in [1.82, 2.24) is 4.90 Å². The number of carbonyl (C=O) groups excluding carboxylic acids is 1. The van der Waals surface area contributed by atoms with Crippen LogP contribution in [0.1, 0.15) is 43.7 Å². The van der Waals surface area contributed by atoms with Gasteiger partial charge in [-0.05, 0) is 48.1 Å². The van der Waals surface area contributed by atoms with Crippen LogP contribution in [-0.4, -0.2) is 39.9 Å². The maximum atomic E-state index is 12.5. The van der Waals surface area contributed by atoms with Gasteiger partial charge in [-0.2, -0.15) is 0 Å². The van der Waals surface area contributed by atoms with E-state index in [1.165, 1.54) is 34.9 Å². The number of hydrogen-bond donors (Lipinski definition) is 1. The summed E-state index contributed by atoms with van der Waals surface area (Å²) in [5.41, 5.74) is 1.65. The van der Waals surface area contributed by atoms with Crippen molar-refractivity contribution in [2.24, 2.45) is 5.92 Å². The number of nitro groups is 1. The number of rotatable bonds is 7. The summed E-state index contributed by atoms with van der Waals surface area (Å²) in [6, 6.07) is 12.8. The third-order valence-electron chi connectivity index (χ3n) is 5.44. The number of nitro benzene ring substituents is 1. The fourth-order valence-corrected chi connectivity index (χ4v) is 4.87. The lowest BCUT2D eigenvalue weighted by molar-refractivity contribution is -0.387. The van der Waals surface area contributed by atoms with Crippen molar-refractivity contribution in [3.63, 3.8) is 0 Å². The Morgan fingerprint density at radius 2 is 1.97 bits per heavy atom. The summed E-state index contributed by atoms with van der Waals surface area (Å²) >= 11 is 1.36. The molecule has 1 fully saturated rings. The highest BCUT2D eigenvalue weighted by Gasteiger charge is 2.27. The molecule has 0 aromatic heterocycles. The number of carboxylic acid groups (broad SMARTS) is 1. The van der Waals surface area contributed by atoms with Gasteiger partial charge in [0.15, 0.2) is 0 Å². The lowest BCUT2D eigenvalue weighted by atomic mass is 9.98. The molecular formula is C24H26N2O5S. The molecule has 1 saturated heterocycles. The van der Waals surface area contributed by atoms with E-state index >= 15 is 0 Å². The number of carboxylic acids is 1. The number of hydrogen-bond acceptors (Lipinski definition) is 5. The molecule has 1 N–H and O–H groups in total. The summed E-state index contributed by atoms with van der Waals surface area (Å²) in [4.78, 5) is 38.0. The Hall–Kier alpha value is -3.13. The van der Waals surface area contributed by atoms with E-state index in [1.807, 2.05) is 24.3 Å². The van der Waals surface area contributed by atoms with Crippen LogP contribution in [0.4, 0.5) is 5.69 Å². The average Bonchev–Trinajstić information content (AvgIpc) is 2.78. The number of carbonyl (C=O) groups is 2. The summed E-state index contributed by atoms with van der Waals surface area (Å²) < 4.78 is 0. The zero-order chi connectivity index (χ0) is 23.3. The molecule has 2 aromatic rings. The Morgan fingerprint density at radius 3 is 2.66 bits per heavy atom. The van der Waals surface area contributed by atoms with Crippen molar-refractivity contribution in [2.45, 2.75) is 42.4 Å². The fraction of sp³-hybridized carbons (Fsp3) is 0.333. The second kappa shape index (κ2) is 10.5. The van der Waals surface area contributed by atoms with Crippen molar-refractivity contribution in [2.75, 3.05) is 13.1 Å². The van der Waals surface area contributed by atoms with E-state index in [0.717, 1.165) is 10.5 Å². The summed E-state index contributed by atoms with van der Waals surface area (Å²) in [7, 11) is 0. The molecule has 1 atom stereocenters. The summed E-state index contributed by atoms with van der Waals surface area (Å²) in [5.74, 6) is -1.44. The molecule has 7 nitrogen and oxygen atoms in total. The first-order valence-corrected chi connectivity index (χ1v) is 11.3. The van der Waals surface area contributed by atoms with Crippen molar-refractivity contribution in [3.05, 3.63) is 69.8 Å². The van der Waals surface area contributed by atoms with E-state index in [2.05, 4.69) is 13.8 Å². The molecule has 1 unspecified atom stereocenters. The highest BCUT2D eigenvalue weighted by Crippen LogP contribution is 2.39. The first-order valence-electron chi connectivity index (χ1n) is 10.5. The minimum atomic E-state index is -0.894. The van der Waals surface area contributed by atoms with Crippen molar-refractivity contribution in [3.8, 4) is 0 Å². The molecule has 3 rings (SSSR count). The SMILES string of the molecule is CC(C)c1ccccc1Sc1ccc(/C=C/C(=O)N2CCCC(C(=O)O)C2)cc1[N+](=O)[O-]. The van der Waals surface area contributed by atoms with Gasteiger partial charge in [0.05, 0.1) is 15.7 Å². The van der Waals surface area contributed by atoms with E-state index < -0.39 is 16.8 Å². The number of amides is 1. The first-order chi connectivity index (χ1) is 15.3. The predicted molar refractivity (Wildman–Crippen MR) is 124 cm³/mol. The smallest absolute Gasteiger partial charge is 0.308 e. The molecule has 1 heterocycles. The number of nitrogens with zero attached hydrogens (tertiary/aromatic N) is 2. The minimum absolute atomic E-state index is 0.0212. The maximum Gasteiger partial charge on any atom is 0.308 e. The molecule has 0 spiro atoms. The largest absolute Gasteiger partial charge is 0.481 e. The number of likely N-dealkylation sites (tertiary alicyclic amines) is 1. The average molecular weight is 455 g/mol. The molecule has 2 aromatic carbocycles. The molecule has 0 aliphatic carbocycles. The van der Waals surface area contributed by atoms with E-state index in [0.29, 0.717) is 35.8 Å². The van der Waals surface area contributed by atoms with Gasteiger partial charge in [-0.15, -0.1) is 0 Å². The molecule has 1 aliphatic heterocycles. The molecule has 0 saturated carbocycles. The standard InChI is InChI=1S/C24H26N2O5S/c1-16(2)19-7-3-4-8-21(19)32-22-11-9-17(14-20(22)26(30)31)10-12-23(27)25-13-5-6-18(15-25)24(28)29/h3-4,7-12,14,16,18H,5-6,13,15H2,1-2H3,(H,28,29)/b12-10+. The zero-order valence-corrected chi connectivity index (χ0v) is 18.9. The summed E-state index contributed by atoms with van der Waals surface area (Å²) in [6.07, 6.45) is 4.10. The van der Waals surface area contributed by atoms with Crippen LogP contribution in [0.5, 0.6) is 0 Å². The molecule has 8 heteroatoms. The minimum Gasteiger partial charge on any atom is -0.481 e. The Bertz CT molecular complexity index is 1050. The predicted octanol–water partition coefficient (Wildman–Crippen LogP) is 5.21. The van der Waals surface area contributed by atoms with Gasteiger partial charge in [-0.3, -0.25) is 19.7 Å². The van der Waals surface area contributed by atoms with Gasteiger partial charge in [-0.25, -0.2) is 0 Å². The Kier molecular flexibility index (Phi) is 7.69. The van der Waals surface area contributed by atoms with Crippen LogP contribution in [-0.2, 0) is 9.59 Å². The Labute approximate surface area is 191 Å². The summed E-state index contributed by atoms with van der Waals surface area (Å²) in [5, 5.41) is 20.9. The van der Waals surface area contributed by atoms with E-state index in [4.69, 9.17) is 0 Å². The van der Waals surface area contributed by atoms with E-state index in [9.17, 15) is 24.8 Å². The fourth-order valence-electron chi connectivity index (χ4n) is 3.69. The van der Waals surface area contributed by atoms with Gasteiger partial charge < -0.3 is 10.0 Å². The highest BCUT2D eigenvalue weighted by atomic mass is 32.2. The van der Waals surface area contributed by atoms with Crippen LogP contribution in [0.15, 0.2) is 58.3 Å². The maximum absolute atomic E-state index is 12.5. The van der Waals surface area contributed by atoms with Crippen LogP contribution < -0.4 is 0 Å². The molecule has 0 bridgehead atoms. The normalized spacial score (nSPS) is 16.5. The third-order valence-corrected chi connectivity index (χ3v) is 6.60. The molecule has 168 valence electrons. The Balaban J connectivity index is 1.78. The van der Waals surface area contributed by atoms with Gasteiger partial charge in [0.25, 0.3) is 5.69 Å². The monoisotopic (exact) mass is 454 g/mol. The number of aliphatic carboxylic acids is 1. The third kappa shape index (κ3) is 5.76. The molecule has 0 radical (unpaired) electrons. The zero-order valence-electron chi connectivity index (χ0n) is 18.1. The lowest BCUT2D eigenvalue weighted by Gasteiger charge is -2.29. The van der Waals surface area contributed by atoms with Crippen molar-refractivity contribution >= 4 is 35.4 Å². The highest BCUT2D eigenvalue weighted by molar-refractivity contribution is 7.99. The topological polar surface area (TPSA) is 101 Å². The number of piperidine rings is 1. The lowest BCUT2D eigenvalue weighted by Crippen LogP contribution is -2.41. The van der Waals surface area contributed by atoms with Crippen molar-refractivity contribution < 1.29 is 19.6 Å². The Morgan fingerprint density at radius 1 is 1.22 bits per heavy atom. The van der Waals surface area contributed by atoms with E-state index in [1.54, 1.807) is 12.1 Å². The first kappa shape index (κ1) is 23.5. The van der Waals surface area contributed by atoms with Crippen molar-refractivity contribution in [1.29, 1.82) is 0 Å². The molecule has 1 amide bonds. The van der Waals surface area contributed by atoms with Gasteiger partial charge in [0.1, 0.15) is 0 Å². The van der Waals surface area contributed by atoms with Gasteiger partial charge >= 0.3 is 5.97 Å². The van der Waals surface area contributed by atoms with E-state index in [-0.39, 0.29) is 18.1 Å². The van der Waals surface area contributed by atoms with Gasteiger partial charge in [0, 0.05) is 30.1 Å². The van der Waals surface area contributed by atoms with Crippen LogP contribution >= 0.6 is 11.8 Å². The molecule has 32 heavy (non-hydrogen) atoms. The van der Waals surface area contributed by atoms with Gasteiger partial charge in [-0.1, -0.05) is 49.9 Å². The molecule has 1 aliphatic rings. The molecular weight excluding hydrogens is 428 g/mol. The van der Waals surface area contributed by atoms with Crippen LogP contribution in [0.2, 0.25) is 0 Å². The van der Waals surface area contributed by atoms with Crippen LogP contribution in [0.3, 0.4) is 0 Å². The second-order valence-electron chi connectivity index (χ2n) is 8.07. The second-order valence-corrected chi connectivity index (χ2v) is 9.16. The van der Waals surface area contributed by atoms with Crippen LogP contribution in [0.25, 0.3) is 6.08 Å². The van der Waals surface area contributed by atoms with Crippen LogP contribution in [0, 0.1) is 16.0 Å². The van der Waals surface area contributed by atoms with Gasteiger partial charge in [0.2, 0.25) is 5.91 Å². The quantitative estimate of drug-likeness (QED) is 0.350.